The average molecular weight is 323 g/mol. The third kappa shape index (κ3) is 2.66. The lowest BCUT2D eigenvalue weighted by atomic mass is 10.2. The molecule has 7 heteroatoms. The Hall–Kier alpha value is -1.16. The molecule has 1 aromatic heterocycles. The highest BCUT2D eigenvalue weighted by molar-refractivity contribution is 8.20. The lowest BCUT2D eigenvalue weighted by Gasteiger charge is -2.16. The Morgan fingerprint density at radius 2 is 2.30 bits per heavy atom. The van der Waals surface area contributed by atoms with E-state index >= 15 is 0 Å². The van der Waals surface area contributed by atoms with E-state index in [1.165, 1.54) is 6.33 Å². The van der Waals surface area contributed by atoms with E-state index in [0.29, 0.717) is 5.25 Å². The van der Waals surface area contributed by atoms with Crippen molar-refractivity contribution in [3.63, 3.8) is 0 Å². The molecule has 2 heterocycles. The highest BCUT2D eigenvalue weighted by Gasteiger charge is 2.35. The van der Waals surface area contributed by atoms with Crippen LogP contribution in [0.2, 0.25) is 5.02 Å². The van der Waals surface area contributed by atoms with Crippen molar-refractivity contribution in [1.82, 2.24) is 14.8 Å². The van der Waals surface area contributed by atoms with Crippen LogP contribution in [0.4, 0.5) is 0 Å². The highest BCUT2D eigenvalue weighted by Crippen LogP contribution is 2.51. The van der Waals surface area contributed by atoms with Gasteiger partial charge in [0.05, 0.1) is 10.7 Å². The number of aromatic nitrogens is 3. The van der Waals surface area contributed by atoms with Crippen LogP contribution in [0.15, 0.2) is 36.9 Å². The Morgan fingerprint density at radius 3 is 3.00 bits per heavy atom. The second-order valence-electron chi connectivity index (χ2n) is 4.30. The lowest BCUT2D eigenvalue weighted by Crippen LogP contribution is -2.16. The third-order valence-electron chi connectivity index (χ3n) is 3.07. The zero-order valence-electron chi connectivity index (χ0n) is 10.4. The van der Waals surface area contributed by atoms with Gasteiger partial charge in [0.25, 0.3) is 0 Å². The number of nitriles is 1. The number of hydrogen-bond acceptors (Lipinski definition) is 5. The van der Waals surface area contributed by atoms with E-state index in [9.17, 15) is 5.26 Å². The molecule has 1 aliphatic heterocycles. The Bertz CT molecular complexity index is 626. The summed E-state index contributed by atoms with van der Waals surface area (Å²) in [5.74, 6) is 0.950. The maximum absolute atomic E-state index is 9.38. The first-order chi connectivity index (χ1) is 9.79. The number of hydrogen-bond donors (Lipinski definition) is 0. The molecular weight excluding hydrogens is 312 g/mol. The molecule has 1 saturated heterocycles. The summed E-state index contributed by atoms with van der Waals surface area (Å²) in [6.07, 6.45) is 3.05. The molecule has 0 radical (unpaired) electrons. The van der Waals surface area contributed by atoms with Crippen LogP contribution in [0.3, 0.4) is 0 Å². The largest absolute Gasteiger partial charge is 0.234 e. The van der Waals surface area contributed by atoms with Crippen LogP contribution in [0.5, 0.6) is 0 Å². The van der Waals surface area contributed by atoms with Crippen LogP contribution in [0.1, 0.15) is 16.9 Å². The zero-order chi connectivity index (χ0) is 13.9. The molecule has 0 aliphatic carbocycles. The van der Waals surface area contributed by atoms with Gasteiger partial charge in [-0.25, -0.2) is 9.67 Å². The van der Waals surface area contributed by atoms with E-state index in [2.05, 4.69) is 22.2 Å². The van der Waals surface area contributed by atoms with Crippen LogP contribution in [0, 0.1) is 11.3 Å². The zero-order valence-corrected chi connectivity index (χ0v) is 12.8. The van der Waals surface area contributed by atoms with E-state index in [4.69, 9.17) is 11.6 Å². The SMILES string of the molecule is N#CC(C1SCC(c2ccccc2Cl)S1)n1cncn1. The summed E-state index contributed by atoms with van der Waals surface area (Å²) in [6, 6.07) is 9.91. The van der Waals surface area contributed by atoms with E-state index in [-0.39, 0.29) is 10.6 Å². The van der Waals surface area contributed by atoms with Gasteiger partial charge in [-0.15, -0.1) is 23.5 Å². The predicted octanol–water partition coefficient (Wildman–Crippen LogP) is 3.54. The van der Waals surface area contributed by atoms with Crippen molar-refractivity contribution in [1.29, 1.82) is 5.26 Å². The first-order valence-electron chi connectivity index (χ1n) is 6.05. The Morgan fingerprint density at radius 1 is 1.45 bits per heavy atom. The van der Waals surface area contributed by atoms with Crippen molar-refractivity contribution >= 4 is 35.1 Å². The predicted molar refractivity (Wildman–Crippen MR) is 82.7 cm³/mol. The number of halogens is 1. The second-order valence-corrected chi connectivity index (χ2v) is 7.53. The smallest absolute Gasteiger partial charge is 0.161 e. The second kappa shape index (κ2) is 6.08. The van der Waals surface area contributed by atoms with E-state index in [1.54, 1.807) is 34.5 Å². The minimum absolute atomic E-state index is 0.142. The normalized spacial score (nSPS) is 23.4. The van der Waals surface area contributed by atoms with Crippen molar-refractivity contribution < 1.29 is 0 Å². The number of thioether (sulfide) groups is 2. The van der Waals surface area contributed by atoms with Crippen LogP contribution < -0.4 is 0 Å². The van der Waals surface area contributed by atoms with Crippen LogP contribution >= 0.6 is 35.1 Å². The molecule has 3 rings (SSSR count). The van der Waals surface area contributed by atoms with Gasteiger partial charge in [-0.05, 0) is 11.6 Å². The molecule has 20 heavy (non-hydrogen) atoms. The van der Waals surface area contributed by atoms with Crippen molar-refractivity contribution in [2.45, 2.75) is 15.9 Å². The summed E-state index contributed by atoms with van der Waals surface area (Å²) >= 11 is 9.80. The fourth-order valence-electron chi connectivity index (χ4n) is 2.09. The van der Waals surface area contributed by atoms with Crippen molar-refractivity contribution in [3.05, 3.63) is 47.5 Å². The first kappa shape index (κ1) is 13.8. The third-order valence-corrected chi connectivity index (χ3v) is 6.76. The monoisotopic (exact) mass is 322 g/mol. The van der Waals surface area contributed by atoms with Gasteiger partial charge in [0.2, 0.25) is 0 Å². The molecule has 102 valence electrons. The van der Waals surface area contributed by atoms with E-state index in [1.807, 2.05) is 18.2 Å². The first-order valence-corrected chi connectivity index (χ1v) is 8.42. The van der Waals surface area contributed by atoms with Gasteiger partial charge in [-0.2, -0.15) is 10.4 Å². The molecule has 1 aromatic carbocycles. The Balaban J connectivity index is 1.77. The van der Waals surface area contributed by atoms with Gasteiger partial charge in [0.1, 0.15) is 12.7 Å². The molecule has 0 saturated carbocycles. The van der Waals surface area contributed by atoms with Crippen molar-refractivity contribution in [3.8, 4) is 6.07 Å². The van der Waals surface area contributed by atoms with Crippen LogP contribution in [0.25, 0.3) is 0 Å². The van der Waals surface area contributed by atoms with Crippen LogP contribution in [-0.2, 0) is 0 Å². The van der Waals surface area contributed by atoms with Crippen molar-refractivity contribution in [2.24, 2.45) is 0 Å². The molecule has 0 bridgehead atoms. The van der Waals surface area contributed by atoms with Gasteiger partial charge in [0.15, 0.2) is 6.04 Å². The molecule has 1 aliphatic rings. The maximum Gasteiger partial charge on any atom is 0.161 e. The van der Waals surface area contributed by atoms with Gasteiger partial charge < -0.3 is 0 Å². The molecule has 3 unspecified atom stereocenters. The summed E-state index contributed by atoms with van der Waals surface area (Å²) in [7, 11) is 0. The van der Waals surface area contributed by atoms with E-state index < -0.39 is 0 Å². The number of benzene rings is 1. The summed E-state index contributed by atoms with van der Waals surface area (Å²) in [5.41, 5.74) is 1.14. The quantitative estimate of drug-likeness (QED) is 0.865. The molecule has 0 amide bonds. The fraction of sp³-hybridized carbons (Fsp3) is 0.308. The van der Waals surface area contributed by atoms with Gasteiger partial charge in [0, 0.05) is 16.0 Å². The summed E-state index contributed by atoms with van der Waals surface area (Å²) in [4.78, 5) is 3.91. The van der Waals surface area contributed by atoms with Gasteiger partial charge in [-0.1, -0.05) is 29.8 Å². The molecule has 0 N–H and O–H groups in total. The average Bonchev–Trinajstić information content (AvgIpc) is 3.12. The Labute approximate surface area is 130 Å². The van der Waals surface area contributed by atoms with Gasteiger partial charge >= 0.3 is 0 Å². The molecular formula is C13H11ClN4S2. The standard InChI is InChI=1S/C13H11ClN4S2/c14-10-4-2-1-3-9(10)12-6-19-13(20-12)11(5-15)18-8-16-7-17-18/h1-4,7-8,11-13H,6H2. The van der Waals surface area contributed by atoms with E-state index in [0.717, 1.165) is 16.3 Å². The lowest BCUT2D eigenvalue weighted by molar-refractivity contribution is 0.583. The summed E-state index contributed by atoms with van der Waals surface area (Å²) in [6.45, 7) is 0. The van der Waals surface area contributed by atoms with Gasteiger partial charge in [-0.3, -0.25) is 0 Å². The minimum atomic E-state index is -0.306. The molecule has 1 fully saturated rings. The van der Waals surface area contributed by atoms with Crippen LogP contribution in [-0.4, -0.2) is 25.1 Å². The maximum atomic E-state index is 9.38. The number of rotatable bonds is 3. The number of nitrogens with zero attached hydrogens (tertiary/aromatic N) is 4. The molecule has 4 nitrogen and oxygen atoms in total. The molecule has 0 spiro atoms. The van der Waals surface area contributed by atoms with Crippen molar-refractivity contribution in [2.75, 3.05) is 5.75 Å². The topological polar surface area (TPSA) is 54.5 Å². The summed E-state index contributed by atoms with van der Waals surface area (Å²) in [5, 5.41) is 14.6. The molecule has 2 aromatic rings. The highest BCUT2D eigenvalue weighted by atomic mass is 35.5. The summed E-state index contributed by atoms with van der Waals surface area (Å²) < 4.78 is 1.77. The molecule has 3 atom stereocenters. The minimum Gasteiger partial charge on any atom is -0.234 e. The Kier molecular flexibility index (Phi) is 4.20. The fourth-order valence-corrected chi connectivity index (χ4v) is 5.85.